The molecule has 0 aromatic carbocycles. The van der Waals surface area contributed by atoms with Gasteiger partial charge in [0.05, 0.1) is 18.2 Å². The van der Waals surface area contributed by atoms with Gasteiger partial charge < -0.3 is 9.47 Å². The molecule has 0 aromatic rings. The molecule has 0 aliphatic carbocycles. The monoisotopic (exact) mass is 161 g/mol. The van der Waals surface area contributed by atoms with Crippen molar-refractivity contribution in [3.8, 4) is 0 Å². The molecule has 0 N–H and O–H groups in total. The van der Waals surface area contributed by atoms with Gasteiger partial charge in [0.2, 0.25) is 0 Å². The summed E-state index contributed by atoms with van der Waals surface area (Å²) in [5.41, 5.74) is 1.88. The molecule has 1 rings (SSSR count). The average molecular weight is 161 g/mol. The molecule has 1 heterocycles. The number of ether oxygens (including phenoxy) is 2. The Morgan fingerprint density at radius 2 is 2.70 bits per heavy atom. The molecule has 0 radical (unpaired) electrons. The van der Waals surface area contributed by atoms with Gasteiger partial charge in [-0.3, -0.25) is 4.99 Å². The van der Waals surface area contributed by atoms with Crippen LogP contribution in [-0.2, 0) is 9.47 Å². The Hall–Kier alpha value is -0.0600. The van der Waals surface area contributed by atoms with E-state index >= 15 is 0 Å². The lowest BCUT2D eigenvalue weighted by Crippen LogP contribution is -2.14. The van der Waals surface area contributed by atoms with E-state index in [9.17, 15) is 0 Å². The van der Waals surface area contributed by atoms with E-state index in [2.05, 4.69) is 4.99 Å². The normalized spacial score (nSPS) is 23.9. The molecule has 0 aromatic heterocycles. The first-order valence-corrected chi connectivity index (χ1v) is 4.18. The second kappa shape index (κ2) is 4.71. The van der Waals surface area contributed by atoms with E-state index in [4.69, 9.17) is 9.47 Å². The molecular weight excluding hydrogens is 150 g/mol. The number of rotatable bonds is 4. The third-order valence-corrected chi connectivity index (χ3v) is 1.99. The predicted octanol–water partition coefficient (Wildman–Crippen LogP) is 0.751. The summed E-state index contributed by atoms with van der Waals surface area (Å²) in [4.78, 5) is 4.16. The summed E-state index contributed by atoms with van der Waals surface area (Å²) in [6.07, 6.45) is 0. The number of thioether (sulfide) groups is 1. The van der Waals surface area contributed by atoms with Crippen LogP contribution in [0.4, 0.5) is 0 Å². The van der Waals surface area contributed by atoms with Crippen LogP contribution >= 0.6 is 11.8 Å². The zero-order chi connectivity index (χ0) is 7.23. The summed E-state index contributed by atoms with van der Waals surface area (Å²) in [5, 5.41) is 0. The van der Waals surface area contributed by atoms with Gasteiger partial charge in [-0.1, -0.05) is 0 Å². The Morgan fingerprint density at radius 3 is 3.30 bits per heavy atom. The fourth-order valence-electron chi connectivity index (χ4n) is 0.685. The van der Waals surface area contributed by atoms with Crippen LogP contribution in [0.25, 0.3) is 0 Å². The van der Waals surface area contributed by atoms with Crippen molar-refractivity contribution in [1.29, 1.82) is 0 Å². The smallest absolute Gasteiger partial charge is 0.146 e. The highest BCUT2D eigenvalue weighted by Crippen LogP contribution is 2.10. The first kappa shape index (κ1) is 8.04. The number of hydrogen-bond donors (Lipinski definition) is 0. The van der Waals surface area contributed by atoms with E-state index in [1.165, 1.54) is 0 Å². The van der Waals surface area contributed by atoms with Crippen molar-refractivity contribution >= 4 is 17.3 Å². The van der Waals surface area contributed by atoms with Crippen molar-refractivity contribution in [2.75, 3.05) is 26.3 Å². The van der Waals surface area contributed by atoms with E-state index in [0.717, 1.165) is 5.75 Å². The molecule has 4 heteroatoms. The Morgan fingerprint density at radius 1 is 1.80 bits per heavy atom. The van der Waals surface area contributed by atoms with Gasteiger partial charge in [0.1, 0.15) is 6.79 Å². The van der Waals surface area contributed by atoms with E-state index in [1.807, 2.05) is 5.55 Å². The molecule has 0 saturated carbocycles. The maximum atomic E-state index is 5.12. The third kappa shape index (κ3) is 2.68. The molecule has 0 spiro atoms. The highest BCUT2D eigenvalue weighted by molar-refractivity contribution is 8.12. The van der Waals surface area contributed by atoms with Crippen LogP contribution in [0.1, 0.15) is 0 Å². The minimum atomic E-state index is 0.347. The van der Waals surface area contributed by atoms with Crippen molar-refractivity contribution < 1.29 is 9.47 Å². The summed E-state index contributed by atoms with van der Waals surface area (Å²) < 4.78 is 9.84. The summed E-state index contributed by atoms with van der Waals surface area (Å²) in [5.74, 6) is 1.05. The molecule has 1 aliphatic rings. The summed E-state index contributed by atoms with van der Waals surface area (Å²) in [6.45, 7) is 1.05. The molecule has 3 nitrogen and oxygen atoms in total. The van der Waals surface area contributed by atoms with E-state index in [0.29, 0.717) is 19.4 Å². The van der Waals surface area contributed by atoms with Crippen molar-refractivity contribution in [3.63, 3.8) is 0 Å². The van der Waals surface area contributed by atoms with Gasteiger partial charge in [0, 0.05) is 12.9 Å². The van der Waals surface area contributed by atoms with Gasteiger partial charge in [-0.25, -0.2) is 0 Å². The SMILES string of the molecule is COCOC[C@@H]1CSC=N1. The summed E-state index contributed by atoms with van der Waals surface area (Å²) in [7, 11) is 1.62. The van der Waals surface area contributed by atoms with Crippen LogP contribution in [0.3, 0.4) is 0 Å². The maximum absolute atomic E-state index is 5.12. The van der Waals surface area contributed by atoms with Crippen LogP contribution in [0.5, 0.6) is 0 Å². The highest BCUT2D eigenvalue weighted by atomic mass is 32.2. The van der Waals surface area contributed by atoms with Gasteiger partial charge in [-0.05, 0) is 0 Å². The number of hydrogen-bond acceptors (Lipinski definition) is 4. The fraction of sp³-hybridized carbons (Fsp3) is 0.833. The van der Waals surface area contributed by atoms with Crippen molar-refractivity contribution in [1.82, 2.24) is 0 Å². The summed E-state index contributed by atoms with van der Waals surface area (Å²) in [6, 6.07) is 0.347. The first-order valence-electron chi connectivity index (χ1n) is 3.13. The van der Waals surface area contributed by atoms with Gasteiger partial charge in [-0.2, -0.15) is 0 Å². The largest absolute Gasteiger partial charge is 0.359 e. The van der Waals surface area contributed by atoms with Gasteiger partial charge in [0.15, 0.2) is 0 Å². The second-order valence-corrected chi connectivity index (χ2v) is 2.90. The van der Waals surface area contributed by atoms with Gasteiger partial charge >= 0.3 is 0 Å². The van der Waals surface area contributed by atoms with Crippen molar-refractivity contribution in [2.24, 2.45) is 4.99 Å². The predicted molar refractivity (Wildman–Crippen MR) is 42.6 cm³/mol. The molecular formula is C6H11NO2S. The minimum Gasteiger partial charge on any atom is -0.359 e. The Kier molecular flexibility index (Phi) is 3.79. The fourth-order valence-corrected chi connectivity index (χ4v) is 1.43. The van der Waals surface area contributed by atoms with Crippen LogP contribution in [0.15, 0.2) is 4.99 Å². The molecule has 0 amide bonds. The topological polar surface area (TPSA) is 30.8 Å². The van der Waals surface area contributed by atoms with E-state index in [-0.39, 0.29) is 0 Å². The standard InChI is InChI=1S/C6H11NO2S/c1-8-5-9-2-6-3-10-4-7-6/h4,6H,2-3,5H2,1H3/t6-/m1/s1. The first-order chi connectivity index (χ1) is 4.93. The van der Waals surface area contributed by atoms with E-state index in [1.54, 1.807) is 18.9 Å². The van der Waals surface area contributed by atoms with Gasteiger partial charge in [-0.15, -0.1) is 11.8 Å². The van der Waals surface area contributed by atoms with Crippen molar-refractivity contribution in [2.45, 2.75) is 6.04 Å². The lowest BCUT2D eigenvalue weighted by atomic mass is 10.4. The quantitative estimate of drug-likeness (QED) is 0.450. The van der Waals surface area contributed by atoms with Gasteiger partial charge in [0.25, 0.3) is 0 Å². The third-order valence-electron chi connectivity index (χ3n) is 1.15. The number of methoxy groups -OCH3 is 1. The number of nitrogens with zero attached hydrogens (tertiary/aromatic N) is 1. The number of aliphatic imine (C=N–C) groups is 1. The van der Waals surface area contributed by atoms with Crippen molar-refractivity contribution in [3.05, 3.63) is 0 Å². The maximum Gasteiger partial charge on any atom is 0.146 e. The molecule has 1 atom stereocenters. The Balaban J connectivity index is 1.97. The Bertz CT molecular complexity index is 118. The molecule has 10 heavy (non-hydrogen) atoms. The lowest BCUT2D eigenvalue weighted by molar-refractivity contribution is -0.0330. The zero-order valence-electron chi connectivity index (χ0n) is 5.95. The molecule has 58 valence electrons. The molecule has 1 aliphatic heterocycles. The molecule has 0 unspecified atom stereocenters. The second-order valence-electron chi connectivity index (χ2n) is 2.02. The summed E-state index contributed by atoms with van der Waals surface area (Å²) >= 11 is 1.73. The van der Waals surface area contributed by atoms with Crippen LogP contribution < -0.4 is 0 Å². The Labute approximate surface area is 64.8 Å². The van der Waals surface area contributed by atoms with Crippen LogP contribution in [-0.4, -0.2) is 37.9 Å². The molecule has 0 saturated heterocycles. The molecule has 0 fully saturated rings. The molecule has 0 bridgehead atoms. The van der Waals surface area contributed by atoms with Crippen LogP contribution in [0.2, 0.25) is 0 Å². The average Bonchev–Trinajstić information content (AvgIpc) is 2.41. The zero-order valence-corrected chi connectivity index (χ0v) is 6.76. The highest BCUT2D eigenvalue weighted by Gasteiger charge is 2.09. The minimum absolute atomic E-state index is 0.347. The van der Waals surface area contributed by atoms with E-state index < -0.39 is 0 Å². The van der Waals surface area contributed by atoms with Crippen LogP contribution in [0, 0.1) is 0 Å². The lowest BCUT2D eigenvalue weighted by Gasteiger charge is -2.05.